The van der Waals surface area contributed by atoms with E-state index in [1.165, 1.54) is 0 Å². The van der Waals surface area contributed by atoms with Crippen molar-refractivity contribution in [1.29, 1.82) is 0 Å². The molecule has 4 rings (SSSR count). The maximum atomic E-state index is 12.5. The van der Waals surface area contributed by atoms with E-state index in [0.29, 0.717) is 0 Å². The van der Waals surface area contributed by atoms with Crippen molar-refractivity contribution in [3.8, 4) is 11.1 Å². The summed E-state index contributed by atoms with van der Waals surface area (Å²) >= 11 is 0. The Bertz CT molecular complexity index is 982. The van der Waals surface area contributed by atoms with Gasteiger partial charge in [-0.3, -0.25) is 4.68 Å². The van der Waals surface area contributed by atoms with E-state index in [9.17, 15) is 4.79 Å². The fourth-order valence-corrected chi connectivity index (χ4v) is 3.54. The molecule has 28 heavy (non-hydrogen) atoms. The number of piperazine rings is 1. The Balaban J connectivity index is 1.49. The zero-order chi connectivity index (χ0) is 19.8. The van der Waals surface area contributed by atoms with Crippen LogP contribution in [0.25, 0.3) is 16.6 Å². The first kappa shape index (κ1) is 18.3. The van der Waals surface area contributed by atoms with E-state index in [1.807, 2.05) is 62.1 Å². The van der Waals surface area contributed by atoms with Crippen LogP contribution in [0.3, 0.4) is 0 Å². The van der Waals surface area contributed by atoms with Crippen LogP contribution < -0.4 is 4.90 Å². The number of hydrogen-bond donors (Lipinski definition) is 0. The zero-order valence-corrected chi connectivity index (χ0v) is 16.9. The molecule has 8 heteroatoms. The van der Waals surface area contributed by atoms with Crippen molar-refractivity contribution >= 4 is 17.2 Å². The lowest BCUT2D eigenvalue weighted by molar-refractivity contribution is 0.149. The fourth-order valence-electron chi connectivity index (χ4n) is 3.54. The average molecular weight is 381 g/mol. The Kier molecular flexibility index (Phi) is 4.70. The van der Waals surface area contributed by atoms with E-state index in [-0.39, 0.29) is 12.1 Å². The Morgan fingerprint density at radius 3 is 2.43 bits per heavy atom. The van der Waals surface area contributed by atoms with Gasteiger partial charge >= 0.3 is 6.03 Å². The molecule has 3 aromatic heterocycles. The first-order chi connectivity index (χ1) is 13.4. The van der Waals surface area contributed by atoms with Gasteiger partial charge < -0.3 is 14.7 Å². The van der Waals surface area contributed by atoms with Crippen LogP contribution in [0.5, 0.6) is 0 Å². The summed E-state index contributed by atoms with van der Waals surface area (Å²) in [4.78, 5) is 18.6. The van der Waals surface area contributed by atoms with Crippen LogP contribution >= 0.6 is 0 Å². The molecule has 0 N–H and O–H groups in total. The fraction of sp³-hybridized carbons (Fsp3) is 0.450. The minimum atomic E-state index is 0.107. The number of amides is 2. The van der Waals surface area contributed by atoms with Crippen LogP contribution in [0.15, 0.2) is 36.9 Å². The highest BCUT2D eigenvalue weighted by Crippen LogP contribution is 2.26. The molecular weight excluding hydrogens is 354 g/mol. The number of rotatable bonds is 3. The van der Waals surface area contributed by atoms with E-state index in [4.69, 9.17) is 0 Å². The molecule has 0 atom stereocenters. The SMILES string of the molecule is CC(C)N(C)C(=O)N1CCN(c2cnn3cc(-c4cnn(C)c4)ccc23)CC1. The predicted molar refractivity (Wildman–Crippen MR) is 109 cm³/mol. The lowest BCUT2D eigenvalue weighted by atomic mass is 10.1. The molecule has 1 saturated heterocycles. The molecule has 0 saturated carbocycles. The van der Waals surface area contributed by atoms with Gasteiger partial charge in [-0.2, -0.15) is 10.2 Å². The largest absolute Gasteiger partial charge is 0.365 e. The van der Waals surface area contributed by atoms with Crippen molar-refractivity contribution in [3.63, 3.8) is 0 Å². The molecule has 0 aromatic carbocycles. The van der Waals surface area contributed by atoms with E-state index in [2.05, 4.69) is 27.2 Å². The summed E-state index contributed by atoms with van der Waals surface area (Å²) in [6.07, 6.45) is 7.80. The van der Waals surface area contributed by atoms with Crippen LogP contribution in [-0.4, -0.2) is 74.5 Å². The first-order valence-corrected chi connectivity index (χ1v) is 9.67. The lowest BCUT2D eigenvalue weighted by Gasteiger charge is -2.38. The number of urea groups is 1. The molecule has 148 valence electrons. The van der Waals surface area contributed by atoms with Crippen LogP contribution in [0.4, 0.5) is 10.5 Å². The van der Waals surface area contributed by atoms with Crippen molar-refractivity contribution in [3.05, 3.63) is 36.9 Å². The van der Waals surface area contributed by atoms with Crippen LogP contribution in [0.2, 0.25) is 0 Å². The topological polar surface area (TPSA) is 61.9 Å². The summed E-state index contributed by atoms with van der Waals surface area (Å²) < 4.78 is 3.72. The van der Waals surface area contributed by atoms with Crippen LogP contribution in [0.1, 0.15) is 13.8 Å². The molecule has 0 bridgehead atoms. The van der Waals surface area contributed by atoms with E-state index in [0.717, 1.165) is 48.5 Å². The second kappa shape index (κ2) is 7.18. The molecule has 0 aliphatic carbocycles. The van der Waals surface area contributed by atoms with E-state index < -0.39 is 0 Å². The van der Waals surface area contributed by atoms with Crippen molar-refractivity contribution in [2.24, 2.45) is 7.05 Å². The van der Waals surface area contributed by atoms with Gasteiger partial charge in [-0.1, -0.05) is 6.07 Å². The van der Waals surface area contributed by atoms with Gasteiger partial charge in [0.25, 0.3) is 0 Å². The first-order valence-electron chi connectivity index (χ1n) is 9.67. The van der Waals surface area contributed by atoms with Crippen molar-refractivity contribution in [2.75, 3.05) is 38.1 Å². The van der Waals surface area contributed by atoms with Crippen LogP contribution in [-0.2, 0) is 7.05 Å². The summed E-state index contributed by atoms with van der Waals surface area (Å²) in [6, 6.07) is 4.53. The Morgan fingerprint density at radius 2 is 1.79 bits per heavy atom. The highest BCUT2D eigenvalue weighted by Gasteiger charge is 2.25. The summed E-state index contributed by atoms with van der Waals surface area (Å²) in [7, 11) is 3.78. The van der Waals surface area contributed by atoms with Crippen molar-refractivity contribution in [2.45, 2.75) is 19.9 Å². The number of nitrogens with zero attached hydrogens (tertiary/aromatic N) is 7. The molecule has 4 heterocycles. The Labute approximate surface area is 164 Å². The third kappa shape index (κ3) is 3.30. The number of carbonyl (C=O) groups is 1. The number of pyridine rings is 1. The second-order valence-electron chi connectivity index (χ2n) is 7.64. The monoisotopic (exact) mass is 381 g/mol. The van der Waals surface area contributed by atoms with Gasteiger partial charge in [0.05, 0.1) is 23.6 Å². The highest BCUT2D eigenvalue weighted by molar-refractivity contribution is 5.77. The number of anilines is 1. The minimum Gasteiger partial charge on any atom is -0.365 e. The summed E-state index contributed by atoms with van der Waals surface area (Å²) in [5, 5.41) is 8.79. The molecular formula is C20H27N7O. The number of fused-ring (bicyclic) bond motifs is 1. The molecule has 8 nitrogen and oxygen atoms in total. The molecule has 0 spiro atoms. The van der Waals surface area contributed by atoms with Crippen LogP contribution in [0, 0.1) is 0 Å². The number of aryl methyl sites for hydroxylation is 1. The molecule has 1 aliphatic heterocycles. The van der Waals surface area contributed by atoms with Gasteiger partial charge in [-0.15, -0.1) is 0 Å². The maximum absolute atomic E-state index is 12.5. The van der Waals surface area contributed by atoms with Gasteiger partial charge in [0, 0.05) is 69.8 Å². The molecule has 3 aromatic rings. The standard InChI is InChI=1S/C20H27N7O/c1-15(2)24(4)20(28)26-9-7-25(8-10-26)19-12-22-27-14-16(5-6-18(19)27)17-11-21-23(3)13-17/h5-6,11-15H,7-10H2,1-4H3. The maximum Gasteiger partial charge on any atom is 0.320 e. The molecule has 0 radical (unpaired) electrons. The quantitative estimate of drug-likeness (QED) is 0.699. The average Bonchev–Trinajstić information content (AvgIpc) is 3.32. The third-order valence-electron chi connectivity index (χ3n) is 5.50. The van der Waals surface area contributed by atoms with Gasteiger partial charge in [-0.25, -0.2) is 9.31 Å². The summed E-state index contributed by atoms with van der Waals surface area (Å²) in [5.41, 5.74) is 4.35. The van der Waals surface area contributed by atoms with E-state index >= 15 is 0 Å². The van der Waals surface area contributed by atoms with E-state index in [1.54, 1.807) is 9.58 Å². The predicted octanol–water partition coefficient (Wildman–Crippen LogP) is 2.32. The Morgan fingerprint density at radius 1 is 1.04 bits per heavy atom. The molecule has 0 unspecified atom stereocenters. The lowest BCUT2D eigenvalue weighted by Crippen LogP contribution is -2.53. The third-order valence-corrected chi connectivity index (χ3v) is 5.50. The number of aromatic nitrogens is 4. The van der Waals surface area contributed by atoms with Gasteiger partial charge in [0.2, 0.25) is 0 Å². The summed E-state index contributed by atoms with van der Waals surface area (Å²) in [6.45, 7) is 7.13. The minimum absolute atomic E-state index is 0.107. The van der Waals surface area contributed by atoms with Crippen molar-refractivity contribution < 1.29 is 4.79 Å². The Hall–Kier alpha value is -3.03. The number of carbonyl (C=O) groups excluding carboxylic acids is 1. The molecule has 1 aliphatic rings. The van der Waals surface area contributed by atoms with Gasteiger partial charge in [0.1, 0.15) is 0 Å². The number of hydrogen-bond acceptors (Lipinski definition) is 4. The molecule has 2 amide bonds. The van der Waals surface area contributed by atoms with Gasteiger partial charge in [0.15, 0.2) is 0 Å². The second-order valence-corrected chi connectivity index (χ2v) is 7.64. The zero-order valence-electron chi connectivity index (χ0n) is 16.9. The highest BCUT2D eigenvalue weighted by atomic mass is 16.2. The van der Waals surface area contributed by atoms with Gasteiger partial charge in [-0.05, 0) is 19.9 Å². The summed E-state index contributed by atoms with van der Waals surface area (Å²) in [5.74, 6) is 0. The molecule has 1 fully saturated rings. The smallest absolute Gasteiger partial charge is 0.320 e. The normalized spacial score (nSPS) is 14.9. The van der Waals surface area contributed by atoms with Crippen molar-refractivity contribution in [1.82, 2.24) is 29.2 Å².